The summed E-state index contributed by atoms with van der Waals surface area (Å²) in [6.07, 6.45) is -0.660. The Morgan fingerprint density at radius 3 is 2.42 bits per heavy atom. The molecule has 1 atom stereocenters. The van der Waals surface area contributed by atoms with E-state index in [0.717, 1.165) is 6.07 Å². The van der Waals surface area contributed by atoms with Gasteiger partial charge >= 0.3 is 18.0 Å². The number of carbonyl (C=O) groups excluding carboxylic acids is 3. The van der Waals surface area contributed by atoms with Gasteiger partial charge in [-0.3, -0.25) is 14.9 Å². The molecule has 1 N–H and O–H groups in total. The van der Waals surface area contributed by atoms with Gasteiger partial charge in [0.2, 0.25) is 0 Å². The lowest BCUT2D eigenvalue weighted by Crippen LogP contribution is -2.43. The number of nitro benzene ring substituents is 1. The molecule has 1 rings (SSSR count). The van der Waals surface area contributed by atoms with Crippen molar-refractivity contribution in [3.63, 3.8) is 0 Å². The molecule has 12 heteroatoms. The first kappa shape index (κ1) is 28.1. The number of halogens is 1. The number of benzene rings is 1. The van der Waals surface area contributed by atoms with Crippen LogP contribution in [0.25, 0.3) is 0 Å². The highest BCUT2D eigenvalue weighted by atomic mass is 79.9. The Morgan fingerprint density at radius 1 is 1.27 bits per heavy atom. The molecule has 0 aliphatic heterocycles. The molecule has 0 fully saturated rings. The van der Waals surface area contributed by atoms with Gasteiger partial charge in [-0.25, -0.2) is 9.59 Å². The number of rotatable bonds is 10. The molecule has 0 unspecified atom stereocenters. The fourth-order valence-electron chi connectivity index (χ4n) is 2.78. The number of esters is 2. The topological polar surface area (TPSA) is 137 Å². The molecule has 0 bridgehead atoms. The number of amides is 1. The summed E-state index contributed by atoms with van der Waals surface area (Å²) in [4.78, 5) is 48.6. The molecule has 0 spiro atoms. The summed E-state index contributed by atoms with van der Waals surface area (Å²) in [6.45, 7) is 8.92. The summed E-state index contributed by atoms with van der Waals surface area (Å²) in [5.41, 5.74) is -0.942. The van der Waals surface area contributed by atoms with Gasteiger partial charge in [0.25, 0.3) is 5.69 Å². The van der Waals surface area contributed by atoms with Crippen molar-refractivity contribution in [3.8, 4) is 0 Å². The Labute approximate surface area is 201 Å². The smallest absolute Gasteiger partial charge is 0.410 e. The van der Waals surface area contributed by atoms with Crippen LogP contribution in [0, 0.1) is 10.1 Å². The molecule has 0 heterocycles. The number of nitro groups is 1. The van der Waals surface area contributed by atoms with Crippen LogP contribution in [0.2, 0.25) is 0 Å². The summed E-state index contributed by atoms with van der Waals surface area (Å²) < 4.78 is 15.2. The maximum Gasteiger partial charge on any atom is 0.410 e. The first-order valence-electron chi connectivity index (χ1n) is 10.2. The zero-order valence-electron chi connectivity index (χ0n) is 19.6. The number of hydrogen-bond donors (Lipinski definition) is 1. The van der Waals surface area contributed by atoms with Crippen LogP contribution in [0.15, 0.2) is 16.6 Å². The highest BCUT2D eigenvalue weighted by molar-refractivity contribution is 9.10. The third-order valence-electron chi connectivity index (χ3n) is 4.12. The Hall–Kier alpha value is -2.89. The van der Waals surface area contributed by atoms with Gasteiger partial charge in [0, 0.05) is 29.7 Å². The zero-order chi connectivity index (χ0) is 25.3. The minimum absolute atomic E-state index is 0.0131. The van der Waals surface area contributed by atoms with E-state index in [1.165, 1.54) is 18.1 Å². The van der Waals surface area contributed by atoms with Gasteiger partial charge in [-0.2, -0.15) is 0 Å². The molecular weight excluding hydrogens is 502 g/mol. The fourth-order valence-corrected chi connectivity index (χ4v) is 3.34. The molecule has 184 valence electrons. The number of carbonyl (C=O) groups is 3. The first-order chi connectivity index (χ1) is 15.3. The van der Waals surface area contributed by atoms with Crippen molar-refractivity contribution in [2.45, 2.75) is 52.7 Å². The van der Waals surface area contributed by atoms with Crippen LogP contribution in [0.1, 0.15) is 51.4 Å². The Balaban J connectivity index is 3.10. The fraction of sp³-hybridized carbons (Fsp3) is 0.571. The maximum absolute atomic E-state index is 12.7. The van der Waals surface area contributed by atoms with Crippen LogP contribution in [-0.4, -0.2) is 66.3 Å². The van der Waals surface area contributed by atoms with E-state index in [2.05, 4.69) is 26.0 Å². The number of ether oxygens (including phenoxy) is 3. The summed E-state index contributed by atoms with van der Waals surface area (Å²) in [5, 5.41) is 14.6. The largest absolute Gasteiger partial charge is 0.466 e. The third kappa shape index (κ3) is 9.24. The van der Waals surface area contributed by atoms with Gasteiger partial charge < -0.3 is 24.4 Å². The maximum atomic E-state index is 12.7. The van der Waals surface area contributed by atoms with Crippen LogP contribution >= 0.6 is 15.9 Å². The van der Waals surface area contributed by atoms with Crippen LogP contribution in [0.4, 0.5) is 16.2 Å². The second kappa shape index (κ2) is 12.4. The monoisotopic (exact) mass is 531 g/mol. The van der Waals surface area contributed by atoms with E-state index < -0.39 is 34.6 Å². The average molecular weight is 532 g/mol. The zero-order valence-corrected chi connectivity index (χ0v) is 21.2. The Morgan fingerprint density at radius 2 is 1.91 bits per heavy atom. The minimum atomic E-state index is -0.749. The Kier molecular flexibility index (Phi) is 10.6. The summed E-state index contributed by atoms with van der Waals surface area (Å²) in [7, 11) is 1.18. The lowest BCUT2D eigenvalue weighted by atomic mass is 10.1. The second-order valence-corrected chi connectivity index (χ2v) is 8.98. The van der Waals surface area contributed by atoms with Crippen LogP contribution < -0.4 is 5.32 Å². The van der Waals surface area contributed by atoms with Crippen LogP contribution in [0.3, 0.4) is 0 Å². The molecule has 0 radical (unpaired) electrons. The van der Waals surface area contributed by atoms with E-state index in [1.807, 2.05) is 0 Å². The van der Waals surface area contributed by atoms with Crippen LogP contribution in [0.5, 0.6) is 0 Å². The lowest BCUT2D eigenvalue weighted by Gasteiger charge is -2.29. The van der Waals surface area contributed by atoms with Crippen molar-refractivity contribution >= 4 is 45.3 Å². The SMILES string of the molecule is CCOC(=O)CCN(C[C@@H](C)Nc1c(Br)cc(C(=O)OC)cc1[N+](=O)[O-])C(=O)OC(C)(C)C. The molecule has 11 nitrogen and oxygen atoms in total. The molecule has 0 aliphatic rings. The molecule has 0 aliphatic carbocycles. The van der Waals surface area contributed by atoms with Gasteiger partial charge in [-0.15, -0.1) is 0 Å². The van der Waals surface area contributed by atoms with Gasteiger partial charge in [0.15, 0.2) is 0 Å². The van der Waals surface area contributed by atoms with E-state index in [1.54, 1.807) is 34.6 Å². The molecule has 1 aromatic rings. The van der Waals surface area contributed by atoms with Gasteiger partial charge in [0.1, 0.15) is 11.3 Å². The van der Waals surface area contributed by atoms with Crippen molar-refractivity contribution in [1.29, 1.82) is 0 Å². The number of nitrogens with zero attached hydrogens (tertiary/aromatic N) is 2. The van der Waals surface area contributed by atoms with E-state index in [-0.39, 0.29) is 47.5 Å². The molecule has 1 aromatic carbocycles. The molecular formula is C21H30BrN3O8. The minimum Gasteiger partial charge on any atom is -0.466 e. The van der Waals surface area contributed by atoms with Gasteiger partial charge in [-0.05, 0) is 56.6 Å². The highest BCUT2D eigenvalue weighted by Gasteiger charge is 2.27. The molecule has 1 amide bonds. The number of nitrogens with one attached hydrogen (secondary N) is 1. The predicted octanol–water partition coefficient (Wildman–Crippen LogP) is 4.13. The van der Waals surface area contributed by atoms with Gasteiger partial charge in [-0.1, -0.05) is 0 Å². The standard InChI is InChI=1S/C21H30BrN3O8/c1-7-32-17(26)8-9-24(20(28)33-21(3,4)5)12-13(2)23-18-15(22)10-14(19(27)31-6)11-16(18)25(29)30/h10-11,13,23H,7-9,12H2,1-6H3/t13-/m1/s1. The Bertz CT molecular complexity index is 885. The number of anilines is 1. The highest BCUT2D eigenvalue weighted by Crippen LogP contribution is 2.35. The summed E-state index contributed by atoms with van der Waals surface area (Å²) in [6, 6.07) is 2.02. The van der Waals surface area contributed by atoms with Crippen molar-refractivity contribution in [3.05, 3.63) is 32.3 Å². The average Bonchev–Trinajstić information content (AvgIpc) is 2.70. The van der Waals surface area contributed by atoms with Crippen molar-refractivity contribution in [2.75, 3.05) is 32.1 Å². The number of methoxy groups -OCH3 is 1. The summed E-state index contributed by atoms with van der Waals surface area (Å²) >= 11 is 3.25. The quantitative estimate of drug-likeness (QED) is 0.204. The second-order valence-electron chi connectivity index (χ2n) is 8.13. The van der Waals surface area contributed by atoms with Crippen molar-refractivity contribution in [1.82, 2.24) is 4.90 Å². The van der Waals surface area contributed by atoms with Gasteiger partial charge in [0.05, 0.1) is 30.6 Å². The van der Waals surface area contributed by atoms with Crippen molar-refractivity contribution in [2.24, 2.45) is 0 Å². The van der Waals surface area contributed by atoms with E-state index in [4.69, 9.17) is 9.47 Å². The molecule has 0 aromatic heterocycles. The predicted molar refractivity (Wildman–Crippen MR) is 124 cm³/mol. The third-order valence-corrected chi connectivity index (χ3v) is 4.74. The first-order valence-corrected chi connectivity index (χ1v) is 11.0. The lowest BCUT2D eigenvalue weighted by molar-refractivity contribution is -0.384. The van der Waals surface area contributed by atoms with Crippen molar-refractivity contribution < 1.29 is 33.5 Å². The molecule has 0 saturated carbocycles. The van der Waals surface area contributed by atoms with Crippen LogP contribution in [-0.2, 0) is 19.0 Å². The summed E-state index contributed by atoms with van der Waals surface area (Å²) in [5.74, 6) is -1.17. The molecule has 33 heavy (non-hydrogen) atoms. The van der Waals surface area contributed by atoms with E-state index in [0.29, 0.717) is 0 Å². The normalized spacial score (nSPS) is 11.8. The number of hydrogen-bond acceptors (Lipinski definition) is 9. The molecule has 0 saturated heterocycles. The van der Waals surface area contributed by atoms with E-state index >= 15 is 0 Å². The van der Waals surface area contributed by atoms with E-state index in [9.17, 15) is 24.5 Å².